The van der Waals surface area contributed by atoms with Gasteiger partial charge in [0.15, 0.2) is 11.0 Å². The standard InChI is InChI=1S/C22H22O8/c1-10-21(27)15(26)9-18(29-10)20-17(28-2)8-14(25)19-13(24)7-16(30-22(19)20)11-3-5-12(23)6-4-11/h3-8,10,15,18,21,23,25-27H,9H2,1-2H3/t10-,15+,18-,21-/m0/s1. The van der Waals surface area contributed by atoms with Crippen molar-refractivity contribution >= 4 is 11.0 Å². The second-order valence-corrected chi connectivity index (χ2v) is 7.36. The van der Waals surface area contributed by atoms with E-state index in [0.717, 1.165) is 0 Å². The van der Waals surface area contributed by atoms with E-state index in [2.05, 4.69) is 0 Å². The number of fused-ring (bicyclic) bond motifs is 1. The summed E-state index contributed by atoms with van der Waals surface area (Å²) in [6, 6.07) is 8.69. The molecule has 4 atom stereocenters. The van der Waals surface area contributed by atoms with Crippen LogP contribution in [0.3, 0.4) is 0 Å². The Bertz CT molecular complexity index is 1120. The zero-order valence-electron chi connectivity index (χ0n) is 16.4. The van der Waals surface area contributed by atoms with Crippen LogP contribution in [0.4, 0.5) is 0 Å². The van der Waals surface area contributed by atoms with Crippen molar-refractivity contribution in [3.8, 4) is 28.6 Å². The lowest BCUT2D eigenvalue weighted by atomic mass is 9.92. The van der Waals surface area contributed by atoms with Crippen LogP contribution in [0, 0.1) is 0 Å². The van der Waals surface area contributed by atoms with Crippen molar-refractivity contribution < 1.29 is 34.3 Å². The number of hydrogen-bond acceptors (Lipinski definition) is 8. The number of rotatable bonds is 3. The summed E-state index contributed by atoms with van der Waals surface area (Å²) in [5, 5.41) is 40.2. The number of aliphatic hydroxyl groups excluding tert-OH is 2. The molecular weight excluding hydrogens is 392 g/mol. The summed E-state index contributed by atoms with van der Waals surface area (Å²) in [4.78, 5) is 12.8. The molecule has 1 saturated heterocycles. The molecule has 0 spiro atoms. The molecule has 1 aromatic heterocycles. The van der Waals surface area contributed by atoms with Crippen LogP contribution >= 0.6 is 0 Å². The predicted octanol–water partition coefficient (Wildman–Crippen LogP) is 2.45. The Morgan fingerprint density at radius 1 is 1.10 bits per heavy atom. The van der Waals surface area contributed by atoms with Crippen LogP contribution in [0.2, 0.25) is 0 Å². The fraction of sp³-hybridized carbons (Fsp3) is 0.318. The van der Waals surface area contributed by atoms with Gasteiger partial charge in [0.05, 0.1) is 31.0 Å². The van der Waals surface area contributed by atoms with Crippen LogP contribution in [0.25, 0.3) is 22.3 Å². The molecule has 3 aromatic rings. The molecule has 0 amide bonds. The van der Waals surface area contributed by atoms with E-state index in [1.54, 1.807) is 19.1 Å². The Morgan fingerprint density at radius 3 is 2.43 bits per heavy atom. The molecule has 1 aliphatic heterocycles. The molecule has 0 saturated carbocycles. The third kappa shape index (κ3) is 3.39. The fourth-order valence-electron chi connectivity index (χ4n) is 3.81. The Hall–Kier alpha value is -3.07. The Balaban J connectivity index is 1.97. The highest BCUT2D eigenvalue weighted by Crippen LogP contribution is 2.43. The van der Waals surface area contributed by atoms with Crippen molar-refractivity contribution in [2.75, 3.05) is 7.11 Å². The summed E-state index contributed by atoms with van der Waals surface area (Å²) in [5.41, 5.74) is 0.516. The average molecular weight is 414 g/mol. The Morgan fingerprint density at radius 2 is 1.80 bits per heavy atom. The highest BCUT2D eigenvalue weighted by Gasteiger charge is 2.38. The number of ether oxygens (including phenoxy) is 2. The molecule has 8 nitrogen and oxygen atoms in total. The molecule has 0 unspecified atom stereocenters. The van der Waals surface area contributed by atoms with Gasteiger partial charge in [0.2, 0.25) is 0 Å². The van der Waals surface area contributed by atoms with E-state index in [4.69, 9.17) is 13.9 Å². The van der Waals surface area contributed by atoms with E-state index in [9.17, 15) is 25.2 Å². The number of phenols is 2. The Kier molecular flexibility index (Phi) is 5.15. The largest absolute Gasteiger partial charge is 0.508 e. The lowest BCUT2D eigenvalue weighted by Crippen LogP contribution is -2.44. The van der Waals surface area contributed by atoms with Crippen LogP contribution in [-0.2, 0) is 4.74 Å². The summed E-state index contributed by atoms with van der Waals surface area (Å²) in [6.45, 7) is 1.63. The highest BCUT2D eigenvalue weighted by atomic mass is 16.5. The molecule has 0 bridgehead atoms. The van der Waals surface area contributed by atoms with Crippen LogP contribution in [0.5, 0.6) is 17.2 Å². The van der Waals surface area contributed by atoms with E-state index >= 15 is 0 Å². The highest BCUT2D eigenvalue weighted by molar-refractivity contribution is 5.89. The van der Waals surface area contributed by atoms with Gasteiger partial charge in [-0.3, -0.25) is 4.79 Å². The van der Waals surface area contributed by atoms with E-state index in [0.29, 0.717) is 11.1 Å². The number of benzene rings is 2. The van der Waals surface area contributed by atoms with Gasteiger partial charge in [-0.15, -0.1) is 0 Å². The second kappa shape index (κ2) is 7.64. The lowest BCUT2D eigenvalue weighted by molar-refractivity contribution is -0.163. The molecule has 4 rings (SSSR count). The van der Waals surface area contributed by atoms with Crippen molar-refractivity contribution in [3.05, 3.63) is 52.2 Å². The smallest absolute Gasteiger partial charge is 0.197 e. The molecule has 1 fully saturated rings. The lowest BCUT2D eigenvalue weighted by Gasteiger charge is -2.36. The molecule has 8 heteroatoms. The van der Waals surface area contributed by atoms with Gasteiger partial charge in [0.1, 0.15) is 34.5 Å². The maximum atomic E-state index is 12.8. The molecule has 30 heavy (non-hydrogen) atoms. The van der Waals surface area contributed by atoms with Crippen LogP contribution in [0.15, 0.2) is 45.6 Å². The molecule has 0 aliphatic carbocycles. The first-order valence-corrected chi connectivity index (χ1v) is 9.49. The monoisotopic (exact) mass is 414 g/mol. The second-order valence-electron chi connectivity index (χ2n) is 7.36. The molecule has 1 aliphatic rings. The summed E-state index contributed by atoms with van der Waals surface area (Å²) >= 11 is 0. The Labute approximate surface area is 171 Å². The maximum absolute atomic E-state index is 12.8. The zero-order chi connectivity index (χ0) is 21.6. The molecule has 2 heterocycles. The molecule has 0 radical (unpaired) electrons. The summed E-state index contributed by atoms with van der Waals surface area (Å²) in [7, 11) is 1.41. The molecule has 158 valence electrons. The summed E-state index contributed by atoms with van der Waals surface area (Å²) in [6.07, 6.45) is -3.45. The normalized spacial score (nSPS) is 24.1. The van der Waals surface area contributed by atoms with Gasteiger partial charge in [-0.1, -0.05) is 0 Å². The maximum Gasteiger partial charge on any atom is 0.197 e. The van der Waals surface area contributed by atoms with E-state index in [1.165, 1.54) is 31.4 Å². The number of methoxy groups -OCH3 is 1. The quantitative estimate of drug-likeness (QED) is 0.514. The van der Waals surface area contributed by atoms with Gasteiger partial charge >= 0.3 is 0 Å². The number of phenolic OH excluding ortho intramolecular Hbond substituents is 2. The minimum absolute atomic E-state index is 0.0369. The van der Waals surface area contributed by atoms with Gasteiger partial charge < -0.3 is 34.3 Å². The molecular formula is C22H22O8. The SMILES string of the molecule is COc1cc(O)c2c(=O)cc(-c3ccc(O)cc3)oc2c1[C@@H]1C[C@@H](O)[C@@H](O)[C@H](C)O1. The fourth-order valence-corrected chi connectivity index (χ4v) is 3.81. The number of hydrogen-bond donors (Lipinski definition) is 4. The van der Waals surface area contributed by atoms with E-state index in [-0.39, 0.29) is 40.4 Å². The van der Waals surface area contributed by atoms with Gasteiger partial charge in [0.25, 0.3) is 0 Å². The van der Waals surface area contributed by atoms with Gasteiger partial charge in [-0.2, -0.15) is 0 Å². The van der Waals surface area contributed by atoms with Crippen molar-refractivity contribution in [2.24, 2.45) is 0 Å². The molecule has 4 N–H and O–H groups in total. The first-order chi connectivity index (χ1) is 14.3. The third-order valence-corrected chi connectivity index (χ3v) is 5.39. The van der Waals surface area contributed by atoms with Crippen LogP contribution in [0.1, 0.15) is 25.0 Å². The van der Waals surface area contributed by atoms with Crippen molar-refractivity contribution in [2.45, 2.75) is 37.8 Å². The topological polar surface area (TPSA) is 130 Å². The number of aliphatic hydroxyl groups is 2. The first-order valence-electron chi connectivity index (χ1n) is 9.49. The molecule has 2 aromatic carbocycles. The van der Waals surface area contributed by atoms with Gasteiger partial charge in [-0.05, 0) is 31.2 Å². The first kappa shape index (κ1) is 20.2. The van der Waals surface area contributed by atoms with Crippen molar-refractivity contribution in [1.29, 1.82) is 0 Å². The van der Waals surface area contributed by atoms with E-state index < -0.39 is 29.8 Å². The average Bonchev–Trinajstić information content (AvgIpc) is 2.71. The summed E-state index contributed by atoms with van der Waals surface area (Å²) < 4.78 is 17.3. The summed E-state index contributed by atoms with van der Waals surface area (Å²) in [5.74, 6) is 0.220. The van der Waals surface area contributed by atoms with Crippen molar-refractivity contribution in [3.63, 3.8) is 0 Å². The predicted molar refractivity (Wildman–Crippen MR) is 108 cm³/mol. The van der Waals surface area contributed by atoms with E-state index in [1.807, 2.05) is 0 Å². The minimum atomic E-state index is -1.05. The minimum Gasteiger partial charge on any atom is -0.508 e. The van der Waals surface area contributed by atoms with Crippen molar-refractivity contribution in [1.82, 2.24) is 0 Å². The van der Waals surface area contributed by atoms with Crippen LogP contribution < -0.4 is 10.2 Å². The zero-order valence-corrected chi connectivity index (χ0v) is 16.4. The number of aromatic hydroxyl groups is 2. The van der Waals surface area contributed by atoms with Gasteiger partial charge in [-0.25, -0.2) is 0 Å². The van der Waals surface area contributed by atoms with Crippen LogP contribution in [-0.4, -0.2) is 45.8 Å². The van der Waals surface area contributed by atoms with Gasteiger partial charge in [0, 0.05) is 24.1 Å². The third-order valence-electron chi connectivity index (χ3n) is 5.39.